The van der Waals surface area contributed by atoms with Crippen LogP contribution >= 0.6 is 34.9 Å². The molecule has 4 aromatic rings. The lowest BCUT2D eigenvalue weighted by molar-refractivity contribution is 0.396. The largest absolute Gasteiger partial charge is 0.351 e. The highest BCUT2D eigenvalue weighted by atomic mass is 32.1. The summed E-state index contributed by atoms with van der Waals surface area (Å²) in [6.45, 7) is 2.61. The zero-order valence-corrected chi connectivity index (χ0v) is 18.9. The van der Waals surface area contributed by atoms with Gasteiger partial charge in [0.1, 0.15) is 5.82 Å². The van der Waals surface area contributed by atoms with Crippen LogP contribution in [-0.2, 0) is 6.54 Å². The van der Waals surface area contributed by atoms with Crippen molar-refractivity contribution in [3.8, 4) is 10.7 Å². The Morgan fingerprint density at radius 2 is 2.00 bits per heavy atom. The average Bonchev–Trinajstić information content (AvgIpc) is 3.53. The molecule has 1 aliphatic rings. The molecule has 0 radical (unpaired) electrons. The molecule has 0 bridgehead atoms. The number of allylic oxidation sites excluding steroid dienone is 1. The molecule has 0 fully saturated rings. The third-order valence-corrected chi connectivity index (χ3v) is 7.14. The van der Waals surface area contributed by atoms with Gasteiger partial charge in [-0.1, -0.05) is 29.4 Å². The highest BCUT2D eigenvalue weighted by molar-refractivity contribution is 7.80. The van der Waals surface area contributed by atoms with Crippen molar-refractivity contribution in [2.45, 2.75) is 19.5 Å². The Bertz CT molecular complexity index is 1250. The van der Waals surface area contributed by atoms with Crippen molar-refractivity contribution in [1.82, 2.24) is 20.4 Å². The van der Waals surface area contributed by atoms with Gasteiger partial charge in [-0.15, -0.1) is 22.7 Å². The van der Waals surface area contributed by atoms with Crippen LogP contribution in [0.1, 0.15) is 29.3 Å². The van der Waals surface area contributed by atoms with Crippen LogP contribution < -0.4 is 5.32 Å². The van der Waals surface area contributed by atoms with E-state index in [1.807, 2.05) is 46.8 Å². The fourth-order valence-electron chi connectivity index (χ4n) is 3.58. The van der Waals surface area contributed by atoms with E-state index >= 15 is 0 Å². The van der Waals surface area contributed by atoms with Gasteiger partial charge in [0.25, 0.3) is 5.89 Å². The highest BCUT2D eigenvalue weighted by Crippen LogP contribution is 2.38. The van der Waals surface area contributed by atoms with Crippen LogP contribution in [0.25, 0.3) is 16.3 Å². The summed E-state index contributed by atoms with van der Waals surface area (Å²) in [5.74, 6) is 0.607. The molecule has 0 amide bonds. The number of benzene rings is 1. The van der Waals surface area contributed by atoms with Crippen molar-refractivity contribution in [2.24, 2.45) is 0 Å². The van der Waals surface area contributed by atoms with Crippen molar-refractivity contribution >= 4 is 45.6 Å². The molecule has 1 unspecified atom stereocenters. The predicted octanol–water partition coefficient (Wildman–Crippen LogP) is 5.86. The molecule has 4 heterocycles. The second-order valence-corrected chi connectivity index (χ2v) is 9.37. The fourth-order valence-corrected chi connectivity index (χ4v) is 5.24. The van der Waals surface area contributed by atoms with Crippen molar-refractivity contribution in [2.75, 3.05) is 0 Å². The summed E-state index contributed by atoms with van der Waals surface area (Å²) >= 11 is 8.90. The second-order valence-electron chi connectivity index (χ2n) is 7.00. The van der Waals surface area contributed by atoms with Gasteiger partial charge in [-0.3, -0.25) is 0 Å². The number of nitrogens with zero attached hydrogens (tertiary/aromatic N) is 3. The highest BCUT2D eigenvalue weighted by Gasteiger charge is 2.34. The van der Waals surface area contributed by atoms with Gasteiger partial charge in [0.15, 0.2) is 5.11 Å². The smallest absolute Gasteiger partial charge is 0.258 e. The Kier molecular flexibility index (Phi) is 5.39. The molecule has 0 saturated heterocycles. The summed E-state index contributed by atoms with van der Waals surface area (Å²) in [6, 6.07) is 14.0. The number of thiophene rings is 2. The van der Waals surface area contributed by atoms with Crippen LogP contribution in [-0.4, -0.2) is 20.2 Å². The van der Waals surface area contributed by atoms with Crippen LogP contribution in [0.15, 0.2) is 69.5 Å². The quantitative estimate of drug-likeness (QED) is 0.370. The second kappa shape index (κ2) is 8.33. The first kappa shape index (κ1) is 20.0. The van der Waals surface area contributed by atoms with Gasteiger partial charge >= 0.3 is 0 Å². The molecular formula is C22H17FN4OS3. The topological polar surface area (TPSA) is 54.2 Å². The molecule has 1 aliphatic heterocycles. The minimum Gasteiger partial charge on any atom is -0.351 e. The number of rotatable bonds is 5. The van der Waals surface area contributed by atoms with E-state index in [1.165, 1.54) is 17.0 Å². The Morgan fingerprint density at radius 1 is 1.16 bits per heavy atom. The van der Waals surface area contributed by atoms with Gasteiger partial charge in [-0.05, 0) is 59.7 Å². The zero-order chi connectivity index (χ0) is 21.4. The lowest BCUT2D eigenvalue weighted by Crippen LogP contribution is -2.45. The van der Waals surface area contributed by atoms with Crippen LogP contribution in [0, 0.1) is 5.82 Å². The molecule has 1 atom stereocenters. The molecule has 0 aliphatic carbocycles. The van der Waals surface area contributed by atoms with Crippen molar-refractivity contribution < 1.29 is 8.91 Å². The first-order valence-corrected chi connectivity index (χ1v) is 11.7. The van der Waals surface area contributed by atoms with E-state index in [1.54, 1.807) is 28.7 Å². The van der Waals surface area contributed by atoms with E-state index in [0.717, 1.165) is 21.7 Å². The van der Waals surface area contributed by atoms with Crippen LogP contribution in [0.3, 0.4) is 0 Å². The first-order valence-electron chi connectivity index (χ1n) is 9.55. The van der Waals surface area contributed by atoms with Crippen LogP contribution in [0.5, 0.6) is 0 Å². The van der Waals surface area contributed by atoms with Gasteiger partial charge in [-0.2, -0.15) is 4.98 Å². The molecule has 5 rings (SSSR count). The molecule has 156 valence electrons. The average molecular weight is 469 g/mol. The number of thiocarbonyl (C=S) groups is 1. The maximum atomic E-state index is 14.0. The summed E-state index contributed by atoms with van der Waals surface area (Å²) < 4.78 is 19.7. The number of nitrogens with one attached hydrogen (secondary N) is 1. The van der Waals surface area contributed by atoms with E-state index in [-0.39, 0.29) is 5.82 Å². The zero-order valence-electron chi connectivity index (χ0n) is 16.4. The Labute approximate surface area is 191 Å². The van der Waals surface area contributed by atoms with Gasteiger partial charge in [-0.25, -0.2) is 4.39 Å². The number of hydrogen-bond acceptors (Lipinski definition) is 6. The molecule has 31 heavy (non-hydrogen) atoms. The standard InChI is InChI=1S/C22H17FN4OS3/c1-13-18(21-25-20(26-28-21)17-8-4-10-31-17)19(14-5-2-6-15(23)11-14)24-22(29)27(13)12-16-7-3-9-30-16/h2-11,19H,12H2,1H3,(H,24,29). The SMILES string of the molecule is CC1=C(c2nc(-c3cccs3)no2)C(c2cccc(F)c2)NC(=S)N1Cc1cccs1. The van der Waals surface area contributed by atoms with Gasteiger partial charge in [0, 0.05) is 10.6 Å². The maximum Gasteiger partial charge on any atom is 0.258 e. The van der Waals surface area contributed by atoms with Crippen molar-refractivity contribution in [3.05, 3.63) is 87.1 Å². The summed E-state index contributed by atoms with van der Waals surface area (Å²) in [7, 11) is 0. The van der Waals surface area contributed by atoms with Crippen molar-refractivity contribution in [1.29, 1.82) is 0 Å². The molecule has 0 spiro atoms. The predicted molar refractivity (Wildman–Crippen MR) is 125 cm³/mol. The fraction of sp³-hybridized carbons (Fsp3) is 0.136. The third-order valence-electron chi connectivity index (χ3n) is 5.07. The number of hydrogen-bond donors (Lipinski definition) is 1. The number of halogens is 1. The third kappa shape index (κ3) is 3.91. The molecule has 0 saturated carbocycles. The van der Waals surface area contributed by atoms with Gasteiger partial charge in [0.2, 0.25) is 5.82 Å². The summed E-state index contributed by atoms with van der Waals surface area (Å²) in [5, 5.41) is 12.1. The van der Waals surface area contributed by atoms with Gasteiger partial charge in [0.05, 0.1) is 23.0 Å². The van der Waals surface area contributed by atoms with E-state index in [0.29, 0.717) is 23.4 Å². The van der Waals surface area contributed by atoms with E-state index in [2.05, 4.69) is 21.5 Å². The minimum absolute atomic E-state index is 0.312. The lowest BCUT2D eigenvalue weighted by Gasteiger charge is -2.37. The molecule has 1 aromatic carbocycles. The maximum absolute atomic E-state index is 14.0. The summed E-state index contributed by atoms with van der Waals surface area (Å²) in [5.41, 5.74) is 2.42. The number of aromatic nitrogens is 2. The normalized spacial score (nSPS) is 16.6. The molecule has 1 N–H and O–H groups in total. The summed E-state index contributed by atoms with van der Waals surface area (Å²) in [6.07, 6.45) is 0. The van der Waals surface area contributed by atoms with Crippen LogP contribution in [0.4, 0.5) is 4.39 Å². The van der Waals surface area contributed by atoms with E-state index in [4.69, 9.17) is 16.7 Å². The van der Waals surface area contributed by atoms with Crippen LogP contribution in [0.2, 0.25) is 0 Å². The Balaban J connectivity index is 1.62. The van der Waals surface area contributed by atoms with Crippen molar-refractivity contribution in [3.63, 3.8) is 0 Å². The Hall–Kier alpha value is -2.88. The molecular weight excluding hydrogens is 451 g/mol. The van der Waals surface area contributed by atoms with Gasteiger partial charge < -0.3 is 14.7 Å². The molecule has 3 aromatic heterocycles. The lowest BCUT2D eigenvalue weighted by atomic mass is 9.94. The molecule has 9 heteroatoms. The van der Waals surface area contributed by atoms with E-state index in [9.17, 15) is 4.39 Å². The Morgan fingerprint density at radius 3 is 2.74 bits per heavy atom. The van der Waals surface area contributed by atoms with E-state index < -0.39 is 6.04 Å². The monoisotopic (exact) mass is 468 g/mol. The first-order chi connectivity index (χ1) is 15.1. The molecule has 5 nitrogen and oxygen atoms in total. The minimum atomic E-state index is -0.403. The summed E-state index contributed by atoms with van der Waals surface area (Å²) in [4.78, 5) is 8.77.